The molecule has 112 valence electrons. The van der Waals surface area contributed by atoms with Crippen LogP contribution in [0, 0.1) is 0 Å². The summed E-state index contributed by atoms with van der Waals surface area (Å²) in [4.78, 5) is 2.36. The average Bonchev–Trinajstić information content (AvgIpc) is 2.42. The summed E-state index contributed by atoms with van der Waals surface area (Å²) in [6.07, 6.45) is 4.79. The highest BCUT2D eigenvalue weighted by Gasteiger charge is 2.23. The number of hydrogen-bond donors (Lipinski definition) is 2. The molecule has 2 fully saturated rings. The number of nitrogens with one attached hydrogen (secondary N) is 1. The van der Waals surface area contributed by atoms with Gasteiger partial charge in [-0.1, -0.05) is 0 Å². The number of nitrogens with zero attached hydrogens (tertiary/aromatic N) is 1. The van der Waals surface area contributed by atoms with Crippen molar-refractivity contribution in [3.8, 4) is 0 Å². The van der Waals surface area contributed by atoms with Crippen LogP contribution in [-0.2, 0) is 4.74 Å². The molecule has 0 radical (unpaired) electrons. The first-order chi connectivity index (χ1) is 9.28. The Labute approximate surface area is 121 Å². The molecule has 4 nitrogen and oxygen atoms in total. The summed E-state index contributed by atoms with van der Waals surface area (Å²) in [5.74, 6) is 2.63. The van der Waals surface area contributed by atoms with Gasteiger partial charge in [0.25, 0.3) is 0 Å². The largest absolute Gasteiger partial charge is 0.389 e. The number of β-amino-alcohol motifs (C(OH)–C–C–N with tert-alkyl or cyclic N) is 1. The molecule has 5 heteroatoms. The third kappa shape index (κ3) is 5.60. The van der Waals surface area contributed by atoms with Crippen LogP contribution in [0.3, 0.4) is 0 Å². The maximum Gasteiger partial charge on any atom is 0.0900 e. The van der Waals surface area contributed by atoms with Crippen molar-refractivity contribution in [1.82, 2.24) is 10.2 Å². The van der Waals surface area contributed by atoms with Gasteiger partial charge >= 0.3 is 0 Å². The van der Waals surface area contributed by atoms with E-state index in [1.165, 1.54) is 37.2 Å². The first-order valence-corrected chi connectivity index (χ1v) is 8.66. The molecule has 2 aliphatic rings. The number of ether oxygens (including phenoxy) is 1. The van der Waals surface area contributed by atoms with Gasteiger partial charge < -0.3 is 20.1 Å². The van der Waals surface area contributed by atoms with E-state index in [2.05, 4.69) is 22.0 Å². The topological polar surface area (TPSA) is 44.7 Å². The zero-order chi connectivity index (χ0) is 13.5. The Morgan fingerprint density at radius 1 is 1.32 bits per heavy atom. The summed E-state index contributed by atoms with van der Waals surface area (Å²) in [6.45, 7) is 3.38. The Hall–Kier alpha value is 0.190. The molecule has 2 heterocycles. The maximum atomic E-state index is 9.74. The summed E-state index contributed by atoms with van der Waals surface area (Å²) in [5, 5.41) is 13.6. The van der Waals surface area contributed by atoms with Crippen LogP contribution in [0.15, 0.2) is 0 Å². The summed E-state index contributed by atoms with van der Waals surface area (Å²) < 4.78 is 4.98. The number of methoxy groups -OCH3 is 1. The number of aliphatic hydroxyl groups is 1. The second-order valence-electron chi connectivity index (χ2n) is 5.76. The Bertz CT molecular complexity index is 242. The fourth-order valence-electron chi connectivity index (χ4n) is 3.03. The van der Waals surface area contributed by atoms with E-state index in [-0.39, 0.29) is 6.10 Å². The molecule has 19 heavy (non-hydrogen) atoms. The summed E-state index contributed by atoms with van der Waals surface area (Å²) in [7, 11) is 1.64. The van der Waals surface area contributed by atoms with Crippen molar-refractivity contribution in [2.24, 2.45) is 0 Å². The first-order valence-electron chi connectivity index (χ1n) is 7.51. The number of piperidine rings is 1. The van der Waals surface area contributed by atoms with Crippen molar-refractivity contribution in [1.29, 1.82) is 0 Å². The number of thioether (sulfide) groups is 1. The molecule has 0 bridgehead atoms. The zero-order valence-electron chi connectivity index (χ0n) is 12.0. The number of likely N-dealkylation sites (tertiary alicyclic amines) is 1. The van der Waals surface area contributed by atoms with Gasteiger partial charge in [0, 0.05) is 31.5 Å². The maximum absolute atomic E-state index is 9.74. The second kappa shape index (κ2) is 8.47. The van der Waals surface area contributed by atoms with Crippen LogP contribution in [-0.4, -0.2) is 73.1 Å². The van der Waals surface area contributed by atoms with Gasteiger partial charge in [-0.05, 0) is 44.5 Å². The van der Waals surface area contributed by atoms with Crippen LogP contribution in [0.25, 0.3) is 0 Å². The van der Waals surface area contributed by atoms with Crippen molar-refractivity contribution >= 4 is 11.8 Å². The molecule has 0 amide bonds. The molecule has 0 saturated carbocycles. The summed E-state index contributed by atoms with van der Waals surface area (Å²) in [5.41, 5.74) is 0. The first kappa shape index (κ1) is 15.6. The lowest BCUT2D eigenvalue weighted by molar-refractivity contribution is 0.0307. The van der Waals surface area contributed by atoms with E-state index in [0.29, 0.717) is 12.6 Å². The smallest absolute Gasteiger partial charge is 0.0900 e. The Morgan fingerprint density at radius 2 is 2.11 bits per heavy atom. The second-order valence-corrected chi connectivity index (χ2v) is 6.91. The molecule has 2 N–H and O–H groups in total. The molecule has 0 spiro atoms. The molecule has 2 saturated heterocycles. The van der Waals surface area contributed by atoms with Gasteiger partial charge in [-0.25, -0.2) is 0 Å². The van der Waals surface area contributed by atoms with Gasteiger partial charge in [0.1, 0.15) is 0 Å². The highest BCUT2D eigenvalue weighted by atomic mass is 32.2. The van der Waals surface area contributed by atoms with Crippen LogP contribution in [0.4, 0.5) is 0 Å². The highest BCUT2D eigenvalue weighted by molar-refractivity contribution is 7.99. The molecule has 2 atom stereocenters. The Kier molecular flexibility index (Phi) is 6.94. The molecule has 0 aromatic heterocycles. The van der Waals surface area contributed by atoms with Crippen molar-refractivity contribution in [3.63, 3.8) is 0 Å². The predicted octanol–water partition coefficient (Wildman–Crippen LogP) is 0.943. The van der Waals surface area contributed by atoms with Crippen LogP contribution in [0.5, 0.6) is 0 Å². The molecule has 0 aromatic rings. The predicted molar refractivity (Wildman–Crippen MR) is 80.8 cm³/mol. The van der Waals surface area contributed by atoms with E-state index in [9.17, 15) is 5.11 Å². The van der Waals surface area contributed by atoms with Gasteiger partial charge in [-0.3, -0.25) is 0 Å². The fourth-order valence-corrected chi connectivity index (χ4v) is 4.12. The highest BCUT2D eigenvalue weighted by Crippen LogP contribution is 2.19. The van der Waals surface area contributed by atoms with Crippen molar-refractivity contribution in [2.45, 2.75) is 43.9 Å². The lowest BCUT2D eigenvalue weighted by Gasteiger charge is -2.36. The molecule has 0 aliphatic carbocycles. The van der Waals surface area contributed by atoms with Gasteiger partial charge in [0.05, 0.1) is 12.7 Å². The van der Waals surface area contributed by atoms with Gasteiger partial charge in [-0.2, -0.15) is 11.8 Å². The van der Waals surface area contributed by atoms with Crippen LogP contribution < -0.4 is 5.32 Å². The van der Waals surface area contributed by atoms with Gasteiger partial charge in [0.15, 0.2) is 0 Å². The minimum Gasteiger partial charge on any atom is -0.389 e. The fraction of sp³-hybridized carbons (Fsp3) is 1.00. The third-order valence-electron chi connectivity index (χ3n) is 4.05. The van der Waals surface area contributed by atoms with Crippen molar-refractivity contribution in [3.05, 3.63) is 0 Å². The molecular formula is C14H28N2O2S. The minimum absolute atomic E-state index is 0.343. The van der Waals surface area contributed by atoms with Crippen LogP contribution >= 0.6 is 11.8 Å². The Morgan fingerprint density at radius 3 is 2.74 bits per heavy atom. The monoisotopic (exact) mass is 288 g/mol. The Balaban J connectivity index is 1.61. The number of rotatable bonds is 6. The molecule has 0 aromatic carbocycles. The van der Waals surface area contributed by atoms with Crippen LogP contribution in [0.2, 0.25) is 0 Å². The molecule has 2 aliphatic heterocycles. The van der Waals surface area contributed by atoms with E-state index < -0.39 is 0 Å². The quantitative estimate of drug-likeness (QED) is 0.762. The lowest BCUT2D eigenvalue weighted by atomic mass is 10.0. The van der Waals surface area contributed by atoms with E-state index >= 15 is 0 Å². The van der Waals surface area contributed by atoms with Crippen LogP contribution in [0.1, 0.15) is 25.7 Å². The molecule has 0 unspecified atom stereocenters. The standard InChI is InChI=1S/C14H28N2O2S/c1-18-10-14(17)9-16-6-4-12(5-7-16)15-13-3-2-8-19-11-13/h12-15,17H,2-11H2,1H3/t13-,14-/m0/s1. The lowest BCUT2D eigenvalue weighted by Crippen LogP contribution is -2.49. The SMILES string of the molecule is COC[C@@H](O)CN1CCC(N[C@H]2CCCSC2)CC1. The zero-order valence-corrected chi connectivity index (χ0v) is 12.8. The van der Waals surface area contributed by atoms with E-state index in [1.807, 2.05) is 0 Å². The third-order valence-corrected chi connectivity index (χ3v) is 5.26. The number of aliphatic hydroxyl groups excluding tert-OH is 1. The van der Waals surface area contributed by atoms with E-state index in [0.717, 1.165) is 25.7 Å². The van der Waals surface area contributed by atoms with Crippen molar-refractivity contribution in [2.75, 3.05) is 44.9 Å². The number of hydrogen-bond acceptors (Lipinski definition) is 5. The molecular weight excluding hydrogens is 260 g/mol. The van der Waals surface area contributed by atoms with Gasteiger partial charge in [-0.15, -0.1) is 0 Å². The summed E-state index contributed by atoms with van der Waals surface area (Å²) >= 11 is 2.09. The van der Waals surface area contributed by atoms with E-state index in [1.54, 1.807) is 7.11 Å². The minimum atomic E-state index is -0.343. The summed E-state index contributed by atoms with van der Waals surface area (Å²) in [6, 6.07) is 1.41. The van der Waals surface area contributed by atoms with E-state index in [4.69, 9.17) is 4.74 Å². The molecule has 2 rings (SSSR count). The van der Waals surface area contributed by atoms with Gasteiger partial charge in [0.2, 0.25) is 0 Å². The normalized spacial score (nSPS) is 28.4. The average molecular weight is 288 g/mol. The van der Waals surface area contributed by atoms with Crippen molar-refractivity contribution < 1.29 is 9.84 Å².